The molecule has 0 heterocycles. The number of likely N-dealkylation sites (N-methyl/N-ethyl adjacent to an activating group) is 1. The minimum absolute atomic E-state index is 0.00148. The van der Waals surface area contributed by atoms with Crippen LogP contribution in [0.3, 0.4) is 0 Å². The van der Waals surface area contributed by atoms with Gasteiger partial charge in [-0.3, -0.25) is 24.1 Å². The topological polar surface area (TPSA) is 133 Å². The minimum atomic E-state index is -1.05. The average molecular weight is 629 g/mol. The van der Waals surface area contributed by atoms with Crippen LogP contribution < -0.4 is 11.1 Å². The third-order valence-corrected chi connectivity index (χ3v) is 8.01. The number of hydrogen-bond acceptors (Lipinski definition) is 6. The van der Waals surface area contributed by atoms with Gasteiger partial charge in [0.1, 0.15) is 0 Å². The molecule has 0 saturated carbocycles. The molecule has 46 heavy (non-hydrogen) atoms. The predicted molar refractivity (Wildman–Crippen MR) is 181 cm³/mol. The summed E-state index contributed by atoms with van der Waals surface area (Å²) in [7, 11) is 1.83. The second-order valence-corrected chi connectivity index (χ2v) is 11.7. The number of aliphatic carboxylic acids is 1. The van der Waals surface area contributed by atoms with E-state index in [1.165, 1.54) is 4.90 Å². The molecule has 0 bridgehead atoms. The first-order valence-corrected chi connectivity index (χ1v) is 16.1. The molecule has 0 aliphatic carbocycles. The van der Waals surface area contributed by atoms with Crippen LogP contribution >= 0.6 is 0 Å². The molecule has 1 atom stereocenters. The molecule has 3 rings (SSSR count). The van der Waals surface area contributed by atoms with Gasteiger partial charge in [-0.05, 0) is 68.0 Å². The lowest BCUT2D eigenvalue weighted by Crippen LogP contribution is -2.44. The minimum Gasteiger partial charge on any atom is -0.481 e. The number of carboxylic acid groups (broad SMARTS) is 1. The number of carbonyl (C=O) groups is 4. The quantitative estimate of drug-likeness (QED) is 0.151. The van der Waals surface area contributed by atoms with Gasteiger partial charge in [-0.1, -0.05) is 84.9 Å². The van der Waals surface area contributed by atoms with E-state index >= 15 is 0 Å². The van der Waals surface area contributed by atoms with Crippen molar-refractivity contribution in [1.29, 1.82) is 0 Å². The second-order valence-electron chi connectivity index (χ2n) is 11.7. The number of hydrogen-bond donors (Lipinski definition) is 3. The Kier molecular flexibility index (Phi) is 15.6. The van der Waals surface area contributed by atoms with E-state index < -0.39 is 11.9 Å². The van der Waals surface area contributed by atoms with Crippen LogP contribution in [-0.2, 0) is 32.0 Å². The van der Waals surface area contributed by atoms with E-state index in [-0.39, 0.29) is 50.1 Å². The van der Waals surface area contributed by atoms with Crippen LogP contribution in [0.5, 0.6) is 0 Å². The maximum atomic E-state index is 13.7. The number of Topliss-reactive ketones (excluding diaryl/α,β-unsaturated/α-hetero) is 1. The maximum Gasteiger partial charge on any atom is 0.305 e. The van der Waals surface area contributed by atoms with Gasteiger partial charge in [0.2, 0.25) is 11.8 Å². The van der Waals surface area contributed by atoms with Crippen molar-refractivity contribution in [1.82, 2.24) is 15.1 Å². The Morgan fingerprint density at radius 1 is 0.783 bits per heavy atom. The molecule has 0 aliphatic rings. The Bertz CT molecular complexity index is 1370. The van der Waals surface area contributed by atoms with Crippen molar-refractivity contribution in [3.05, 3.63) is 96.1 Å². The highest BCUT2D eigenvalue weighted by atomic mass is 16.4. The van der Waals surface area contributed by atoms with E-state index in [4.69, 9.17) is 5.73 Å². The largest absolute Gasteiger partial charge is 0.481 e. The molecule has 0 aromatic heterocycles. The number of rotatable bonds is 21. The molecule has 3 aromatic rings. The van der Waals surface area contributed by atoms with Crippen molar-refractivity contribution in [3.8, 4) is 11.1 Å². The summed E-state index contributed by atoms with van der Waals surface area (Å²) in [6.07, 6.45) is 3.04. The monoisotopic (exact) mass is 628 g/mol. The van der Waals surface area contributed by atoms with Crippen LogP contribution in [-0.4, -0.2) is 84.8 Å². The summed E-state index contributed by atoms with van der Waals surface area (Å²) in [5.74, 6) is -2.46. The Morgan fingerprint density at radius 2 is 1.41 bits per heavy atom. The SMILES string of the molecule is CN(CCc1ccccc1)CC(=O)N(CCC(=O)O)CC(=O)C(CCc1ccc(-c2ccccc2)cc1)CC(=O)NCCCCN. The number of carboxylic acids is 1. The second kappa shape index (κ2) is 19.9. The van der Waals surface area contributed by atoms with Gasteiger partial charge in [0, 0.05) is 32.0 Å². The van der Waals surface area contributed by atoms with Gasteiger partial charge in [0.05, 0.1) is 19.5 Å². The third kappa shape index (κ3) is 13.3. The molecule has 0 saturated heterocycles. The average Bonchev–Trinajstić information content (AvgIpc) is 3.06. The number of unbranched alkanes of at least 4 members (excludes halogenated alkanes) is 1. The number of benzene rings is 3. The fourth-order valence-electron chi connectivity index (χ4n) is 5.22. The number of ketones is 1. The van der Waals surface area contributed by atoms with Gasteiger partial charge in [0.15, 0.2) is 5.78 Å². The maximum absolute atomic E-state index is 13.7. The summed E-state index contributed by atoms with van der Waals surface area (Å²) in [4.78, 5) is 54.5. The first kappa shape index (κ1) is 36.1. The molecule has 9 heteroatoms. The zero-order valence-electron chi connectivity index (χ0n) is 26.9. The normalized spacial score (nSPS) is 11.6. The number of carbonyl (C=O) groups excluding carboxylic acids is 3. The van der Waals surface area contributed by atoms with Crippen LogP contribution in [0.15, 0.2) is 84.9 Å². The van der Waals surface area contributed by atoms with E-state index in [1.54, 1.807) is 0 Å². The van der Waals surface area contributed by atoms with Gasteiger partial charge in [0.25, 0.3) is 0 Å². The summed E-state index contributed by atoms with van der Waals surface area (Å²) in [6, 6.07) is 28.2. The van der Waals surface area contributed by atoms with Gasteiger partial charge in [-0.15, -0.1) is 0 Å². The van der Waals surface area contributed by atoms with E-state index in [1.807, 2.05) is 96.9 Å². The zero-order valence-corrected chi connectivity index (χ0v) is 26.9. The van der Waals surface area contributed by atoms with Gasteiger partial charge in [-0.25, -0.2) is 0 Å². The number of nitrogens with one attached hydrogen (secondary N) is 1. The Hall–Kier alpha value is -4.34. The van der Waals surface area contributed by atoms with Crippen LogP contribution in [0.2, 0.25) is 0 Å². The molecule has 4 N–H and O–H groups in total. The van der Waals surface area contributed by atoms with E-state index in [9.17, 15) is 24.3 Å². The Labute approximate surface area is 272 Å². The summed E-state index contributed by atoms with van der Waals surface area (Å²) >= 11 is 0. The van der Waals surface area contributed by atoms with Crippen molar-refractivity contribution < 1.29 is 24.3 Å². The van der Waals surface area contributed by atoms with E-state index in [0.717, 1.165) is 41.5 Å². The predicted octanol–water partition coefficient (Wildman–Crippen LogP) is 4.19. The van der Waals surface area contributed by atoms with Crippen molar-refractivity contribution in [3.63, 3.8) is 0 Å². The lowest BCUT2D eigenvalue weighted by molar-refractivity contribution is -0.141. The third-order valence-electron chi connectivity index (χ3n) is 8.01. The first-order valence-electron chi connectivity index (χ1n) is 16.1. The number of amides is 2. The molecule has 0 fully saturated rings. The number of nitrogens with zero attached hydrogens (tertiary/aromatic N) is 2. The zero-order chi connectivity index (χ0) is 33.1. The Balaban J connectivity index is 1.67. The van der Waals surface area contributed by atoms with Crippen LogP contribution in [0.1, 0.15) is 43.2 Å². The molecule has 2 amide bonds. The Morgan fingerprint density at radius 3 is 2.07 bits per heavy atom. The van der Waals surface area contributed by atoms with E-state index in [2.05, 4.69) is 5.32 Å². The molecular formula is C37H48N4O5. The highest BCUT2D eigenvalue weighted by Crippen LogP contribution is 2.21. The summed E-state index contributed by atoms with van der Waals surface area (Å²) < 4.78 is 0. The standard InChI is InChI=1S/C37H48N4O5/c1-40(24-20-29-10-4-2-5-11-29)28-36(44)41(25-21-37(45)46)27-34(42)33(26-35(43)39-23-9-8-22-38)19-16-30-14-17-32(18-15-30)31-12-6-3-7-13-31/h2-7,10-15,17-18,33H,8-9,16,19-28,38H2,1H3,(H,39,43)(H,45,46). The fourth-order valence-corrected chi connectivity index (χ4v) is 5.22. The molecule has 0 radical (unpaired) electrons. The lowest BCUT2D eigenvalue weighted by Gasteiger charge is -2.26. The molecule has 3 aromatic carbocycles. The molecule has 1 unspecified atom stereocenters. The summed E-state index contributed by atoms with van der Waals surface area (Å²) in [5.41, 5.74) is 9.96. The molecule has 246 valence electrons. The van der Waals surface area contributed by atoms with Gasteiger partial charge < -0.3 is 21.1 Å². The van der Waals surface area contributed by atoms with Crippen molar-refractivity contribution in [2.24, 2.45) is 11.7 Å². The van der Waals surface area contributed by atoms with Crippen molar-refractivity contribution in [2.45, 2.75) is 44.9 Å². The highest BCUT2D eigenvalue weighted by molar-refractivity contribution is 5.91. The molecule has 0 spiro atoms. The van der Waals surface area contributed by atoms with Crippen molar-refractivity contribution >= 4 is 23.6 Å². The lowest BCUT2D eigenvalue weighted by atomic mass is 9.91. The number of nitrogens with two attached hydrogens (primary N) is 1. The van der Waals surface area contributed by atoms with Crippen molar-refractivity contribution in [2.75, 3.05) is 46.3 Å². The molecule has 9 nitrogen and oxygen atoms in total. The molecular weight excluding hydrogens is 580 g/mol. The van der Waals surface area contributed by atoms with Crippen LogP contribution in [0.4, 0.5) is 0 Å². The smallest absolute Gasteiger partial charge is 0.305 e. The summed E-state index contributed by atoms with van der Waals surface area (Å²) in [6.45, 7) is 1.40. The van der Waals surface area contributed by atoms with Crippen LogP contribution in [0.25, 0.3) is 11.1 Å². The fraction of sp³-hybridized carbons (Fsp3) is 0.405. The van der Waals surface area contributed by atoms with E-state index in [0.29, 0.717) is 32.5 Å². The van der Waals surface area contributed by atoms with Crippen LogP contribution in [0, 0.1) is 5.92 Å². The molecule has 0 aliphatic heterocycles. The van der Waals surface area contributed by atoms with Gasteiger partial charge in [-0.2, -0.15) is 0 Å². The first-order chi connectivity index (χ1) is 22.2. The summed E-state index contributed by atoms with van der Waals surface area (Å²) in [5, 5.41) is 12.2. The highest BCUT2D eigenvalue weighted by Gasteiger charge is 2.26. The van der Waals surface area contributed by atoms with Gasteiger partial charge >= 0.3 is 5.97 Å². The number of aryl methyl sites for hydroxylation is 1.